The molecule has 0 saturated heterocycles. The second kappa shape index (κ2) is 6.08. The molecule has 0 fully saturated rings. The molecule has 2 nitrogen and oxygen atoms in total. The number of allylic oxidation sites excluding steroid dienone is 1. The van der Waals surface area contributed by atoms with E-state index in [2.05, 4.69) is 20.7 Å². The van der Waals surface area contributed by atoms with E-state index in [1.165, 1.54) is 6.08 Å². The van der Waals surface area contributed by atoms with Crippen molar-refractivity contribution in [2.45, 2.75) is 3.79 Å². The normalized spacial score (nSPS) is 12.0. The van der Waals surface area contributed by atoms with Crippen LogP contribution in [0, 0.1) is 0 Å². The van der Waals surface area contributed by atoms with Gasteiger partial charge in [0.05, 0.1) is 0 Å². The number of ether oxygens (including phenoxy) is 1. The van der Waals surface area contributed by atoms with E-state index in [-0.39, 0.29) is 6.61 Å². The van der Waals surface area contributed by atoms with Gasteiger partial charge in [-0.15, -0.1) is 0 Å². The highest BCUT2D eigenvalue weighted by Gasteiger charge is 2.21. The highest BCUT2D eigenvalue weighted by atomic mass is 79.9. The van der Waals surface area contributed by atoms with E-state index in [4.69, 9.17) is 34.8 Å². The van der Waals surface area contributed by atoms with Gasteiger partial charge in [0.25, 0.3) is 0 Å². The standard InChI is InChI=1S/C6H6BrCl3O2/c7-3-1-2-5(11)12-4-6(8,9)10/h1-2H,3-4H2. The van der Waals surface area contributed by atoms with Crippen LogP contribution in [-0.2, 0) is 9.53 Å². The molecule has 0 atom stereocenters. The van der Waals surface area contributed by atoms with Gasteiger partial charge in [0.15, 0.2) is 0 Å². The Morgan fingerprint density at radius 3 is 2.50 bits per heavy atom. The molecule has 0 aliphatic rings. The van der Waals surface area contributed by atoms with Crippen LogP contribution in [-0.4, -0.2) is 21.7 Å². The average Bonchev–Trinajstić information content (AvgIpc) is 1.95. The van der Waals surface area contributed by atoms with Crippen molar-refractivity contribution in [2.24, 2.45) is 0 Å². The number of hydrogen-bond acceptors (Lipinski definition) is 2. The lowest BCUT2D eigenvalue weighted by Crippen LogP contribution is -2.15. The molecule has 0 aliphatic carbocycles. The van der Waals surface area contributed by atoms with Crippen molar-refractivity contribution >= 4 is 56.7 Å². The van der Waals surface area contributed by atoms with E-state index in [1.807, 2.05) is 0 Å². The third-order valence-corrected chi connectivity index (χ3v) is 1.42. The molecule has 0 unspecified atom stereocenters. The van der Waals surface area contributed by atoms with Crippen molar-refractivity contribution in [1.29, 1.82) is 0 Å². The van der Waals surface area contributed by atoms with Gasteiger partial charge in [-0.3, -0.25) is 0 Å². The largest absolute Gasteiger partial charge is 0.458 e. The van der Waals surface area contributed by atoms with Crippen molar-refractivity contribution in [3.05, 3.63) is 12.2 Å². The molecule has 0 spiro atoms. The summed E-state index contributed by atoms with van der Waals surface area (Å²) in [6.07, 6.45) is 2.84. The highest BCUT2D eigenvalue weighted by Crippen LogP contribution is 2.25. The lowest BCUT2D eigenvalue weighted by molar-refractivity contribution is -0.137. The minimum Gasteiger partial charge on any atom is -0.458 e. The molecule has 12 heavy (non-hydrogen) atoms. The van der Waals surface area contributed by atoms with E-state index in [1.54, 1.807) is 6.08 Å². The molecule has 0 N–H and O–H groups in total. The minimum atomic E-state index is -1.54. The lowest BCUT2D eigenvalue weighted by atomic mass is 10.5. The Kier molecular flexibility index (Phi) is 6.36. The van der Waals surface area contributed by atoms with Crippen LogP contribution in [0.5, 0.6) is 0 Å². The summed E-state index contributed by atoms with van der Waals surface area (Å²) in [4.78, 5) is 10.7. The van der Waals surface area contributed by atoms with E-state index < -0.39 is 9.76 Å². The third kappa shape index (κ3) is 8.65. The van der Waals surface area contributed by atoms with Crippen LogP contribution < -0.4 is 0 Å². The number of carbonyl (C=O) groups excluding carboxylic acids is 1. The summed E-state index contributed by atoms with van der Waals surface area (Å²) in [5, 5.41) is 0.579. The zero-order valence-corrected chi connectivity index (χ0v) is 9.75. The monoisotopic (exact) mass is 294 g/mol. The van der Waals surface area contributed by atoms with Crippen molar-refractivity contribution in [2.75, 3.05) is 11.9 Å². The van der Waals surface area contributed by atoms with Crippen molar-refractivity contribution in [3.63, 3.8) is 0 Å². The summed E-state index contributed by atoms with van der Waals surface area (Å²) >= 11 is 19.1. The highest BCUT2D eigenvalue weighted by molar-refractivity contribution is 9.09. The summed E-state index contributed by atoms with van der Waals surface area (Å²) < 4.78 is 3.02. The SMILES string of the molecule is O=C(C=CCBr)OCC(Cl)(Cl)Cl. The van der Waals surface area contributed by atoms with E-state index >= 15 is 0 Å². The molecule has 0 amide bonds. The first-order valence-electron chi connectivity index (χ1n) is 2.91. The first-order chi connectivity index (χ1) is 5.45. The Hall–Kier alpha value is 0.560. The van der Waals surface area contributed by atoms with Crippen molar-refractivity contribution in [1.82, 2.24) is 0 Å². The van der Waals surface area contributed by atoms with Gasteiger partial charge in [0.2, 0.25) is 3.79 Å². The molecule has 0 rings (SSSR count). The fourth-order valence-corrected chi connectivity index (χ4v) is 0.692. The van der Waals surface area contributed by atoms with Crippen LogP contribution in [0.15, 0.2) is 12.2 Å². The molecular weight excluding hydrogens is 290 g/mol. The Morgan fingerprint density at radius 2 is 2.08 bits per heavy atom. The maximum absolute atomic E-state index is 10.7. The summed E-state index contributed by atoms with van der Waals surface area (Å²) in [6, 6.07) is 0. The summed E-state index contributed by atoms with van der Waals surface area (Å²) in [5.74, 6) is -0.527. The van der Waals surface area contributed by atoms with Crippen LogP contribution in [0.4, 0.5) is 0 Å². The van der Waals surface area contributed by atoms with E-state index in [0.717, 1.165) is 0 Å². The number of esters is 1. The van der Waals surface area contributed by atoms with Gasteiger partial charge in [0.1, 0.15) is 6.61 Å². The molecular formula is C6H6BrCl3O2. The van der Waals surface area contributed by atoms with Crippen molar-refractivity contribution in [3.8, 4) is 0 Å². The minimum absolute atomic E-state index is 0.247. The van der Waals surface area contributed by atoms with Crippen LogP contribution in [0.1, 0.15) is 0 Å². The predicted octanol–water partition coefficient (Wildman–Crippen LogP) is 2.85. The summed E-state index contributed by atoms with van der Waals surface area (Å²) in [5.41, 5.74) is 0. The zero-order valence-electron chi connectivity index (χ0n) is 5.90. The second-order valence-electron chi connectivity index (χ2n) is 1.78. The molecule has 0 bridgehead atoms. The van der Waals surface area contributed by atoms with Crippen LogP contribution >= 0.6 is 50.7 Å². The fourth-order valence-electron chi connectivity index (χ4n) is 0.342. The molecule has 70 valence electrons. The Bertz CT molecular complexity index is 176. The number of carbonyl (C=O) groups is 1. The topological polar surface area (TPSA) is 26.3 Å². The van der Waals surface area contributed by atoms with E-state index in [0.29, 0.717) is 5.33 Å². The zero-order chi connectivity index (χ0) is 9.61. The van der Waals surface area contributed by atoms with Crippen molar-refractivity contribution < 1.29 is 9.53 Å². The Balaban J connectivity index is 3.65. The predicted molar refractivity (Wildman–Crippen MR) is 54.2 cm³/mol. The van der Waals surface area contributed by atoms with Gasteiger partial charge in [0, 0.05) is 11.4 Å². The lowest BCUT2D eigenvalue weighted by Gasteiger charge is -2.09. The molecule has 0 aliphatic heterocycles. The Morgan fingerprint density at radius 1 is 1.50 bits per heavy atom. The first-order valence-corrected chi connectivity index (χ1v) is 5.17. The molecule has 0 heterocycles. The molecule has 0 saturated carbocycles. The number of rotatable bonds is 3. The maximum atomic E-state index is 10.7. The number of halogens is 4. The second-order valence-corrected chi connectivity index (χ2v) is 4.94. The number of alkyl halides is 4. The van der Waals surface area contributed by atoms with Gasteiger partial charge in [-0.1, -0.05) is 56.8 Å². The van der Waals surface area contributed by atoms with Gasteiger partial charge < -0.3 is 4.74 Å². The van der Waals surface area contributed by atoms with E-state index in [9.17, 15) is 4.79 Å². The third-order valence-electron chi connectivity index (χ3n) is 0.721. The smallest absolute Gasteiger partial charge is 0.330 e. The van der Waals surface area contributed by atoms with Crippen LogP contribution in [0.3, 0.4) is 0 Å². The first kappa shape index (κ1) is 12.6. The molecule has 0 aromatic heterocycles. The summed E-state index contributed by atoms with van der Waals surface area (Å²) in [6.45, 7) is -0.247. The molecule has 0 aromatic rings. The summed E-state index contributed by atoms with van der Waals surface area (Å²) in [7, 11) is 0. The molecule has 0 aromatic carbocycles. The van der Waals surface area contributed by atoms with Gasteiger partial charge in [-0.2, -0.15) is 0 Å². The molecule has 0 radical (unpaired) electrons. The number of hydrogen-bond donors (Lipinski definition) is 0. The van der Waals surface area contributed by atoms with Crippen LogP contribution in [0.2, 0.25) is 0 Å². The quantitative estimate of drug-likeness (QED) is 0.455. The van der Waals surface area contributed by atoms with Gasteiger partial charge in [-0.05, 0) is 0 Å². The molecule has 6 heteroatoms. The van der Waals surface area contributed by atoms with Gasteiger partial charge >= 0.3 is 5.97 Å². The average molecular weight is 296 g/mol. The van der Waals surface area contributed by atoms with Crippen LogP contribution in [0.25, 0.3) is 0 Å². The van der Waals surface area contributed by atoms with Gasteiger partial charge in [-0.25, -0.2) is 4.79 Å². The Labute approximate surface area is 93.9 Å². The fraction of sp³-hybridized carbons (Fsp3) is 0.500. The maximum Gasteiger partial charge on any atom is 0.330 e.